The lowest BCUT2D eigenvalue weighted by atomic mass is 10.2. The highest BCUT2D eigenvalue weighted by Gasteiger charge is 2.47. The highest BCUT2D eigenvalue weighted by molar-refractivity contribution is 6.62. The summed E-state index contributed by atoms with van der Waals surface area (Å²) < 4.78 is 19.4. The van der Waals surface area contributed by atoms with Gasteiger partial charge in [0.15, 0.2) is 0 Å². The Balaban J connectivity index is 4.91. The van der Waals surface area contributed by atoms with Crippen molar-refractivity contribution in [1.82, 2.24) is 0 Å². The number of unbranched alkanes of at least 4 members (excludes halogenated alkanes) is 11. The summed E-state index contributed by atoms with van der Waals surface area (Å²) in [6, 6.07) is 0. The molecule has 0 radical (unpaired) electrons. The molecular formula is C24H53NO3Si. The number of hydrogen-bond acceptors (Lipinski definition) is 4. The van der Waals surface area contributed by atoms with Crippen molar-refractivity contribution in [2.45, 2.75) is 136 Å². The van der Waals surface area contributed by atoms with Gasteiger partial charge >= 0.3 is 8.80 Å². The molecule has 0 saturated carbocycles. The third-order valence-corrected chi connectivity index (χ3v) is 8.49. The fourth-order valence-electron chi connectivity index (χ4n) is 3.47. The Morgan fingerprint density at radius 2 is 0.862 bits per heavy atom. The molecule has 29 heavy (non-hydrogen) atoms. The minimum Gasteiger partial charge on any atom is -0.373 e. The summed E-state index contributed by atoms with van der Waals surface area (Å²) in [6.07, 6.45) is 18.8. The van der Waals surface area contributed by atoms with E-state index in [4.69, 9.17) is 19.0 Å². The predicted molar refractivity (Wildman–Crippen MR) is 128 cm³/mol. The van der Waals surface area contributed by atoms with Gasteiger partial charge in [-0.3, -0.25) is 0 Å². The lowest BCUT2D eigenvalue weighted by Crippen LogP contribution is -2.60. The van der Waals surface area contributed by atoms with Gasteiger partial charge in [-0.2, -0.15) is 0 Å². The Kier molecular flexibility index (Phi) is 21.3. The average molecular weight is 432 g/mol. The minimum absolute atomic E-state index is 0.0995. The maximum Gasteiger partial charge on any atom is 0.518 e. The normalized spacial score (nSPS) is 13.1. The lowest BCUT2D eigenvalue weighted by Gasteiger charge is -2.34. The highest BCUT2D eigenvalue weighted by Crippen LogP contribution is 2.21. The van der Waals surface area contributed by atoms with Crippen LogP contribution < -0.4 is 5.73 Å². The Morgan fingerprint density at radius 1 is 0.517 bits per heavy atom. The van der Waals surface area contributed by atoms with E-state index in [0.717, 1.165) is 51.9 Å². The molecule has 0 aromatic rings. The first-order chi connectivity index (χ1) is 14.2. The second-order valence-electron chi connectivity index (χ2n) is 8.43. The van der Waals surface area contributed by atoms with E-state index in [-0.39, 0.29) is 5.67 Å². The molecule has 5 heteroatoms. The summed E-state index contributed by atoms with van der Waals surface area (Å²) >= 11 is 0. The van der Waals surface area contributed by atoms with Gasteiger partial charge in [0.05, 0.1) is 5.67 Å². The summed E-state index contributed by atoms with van der Waals surface area (Å²) in [5.74, 6) is 0. The Morgan fingerprint density at radius 3 is 1.21 bits per heavy atom. The van der Waals surface area contributed by atoms with Crippen LogP contribution in [-0.4, -0.2) is 34.3 Å². The van der Waals surface area contributed by atoms with E-state index >= 15 is 0 Å². The van der Waals surface area contributed by atoms with Crippen LogP contribution in [0, 0.1) is 0 Å². The van der Waals surface area contributed by atoms with E-state index < -0.39 is 8.80 Å². The molecule has 176 valence electrons. The second-order valence-corrected chi connectivity index (χ2v) is 11.2. The number of hydrogen-bond donors (Lipinski definition) is 1. The molecule has 2 N–H and O–H groups in total. The summed E-state index contributed by atoms with van der Waals surface area (Å²) in [4.78, 5) is 0. The zero-order chi connectivity index (χ0) is 21.6. The second kappa shape index (κ2) is 21.3. The van der Waals surface area contributed by atoms with Crippen LogP contribution in [0.25, 0.3) is 0 Å². The van der Waals surface area contributed by atoms with Crippen molar-refractivity contribution in [2.75, 3.05) is 19.8 Å². The molecule has 0 aromatic carbocycles. The third-order valence-electron chi connectivity index (χ3n) is 5.48. The van der Waals surface area contributed by atoms with Crippen molar-refractivity contribution < 1.29 is 13.3 Å². The first-order valence-electron chi connectivity index (χ1n) is 12.8. The fourth-order valence-corrected chi connectivity index (χ4v) is 6.20. The van der Waals surface area contributed by atoms with Crippen LogP contribution >= 0.6 is 0 Å². The van der Waals surface area contributed by atoms with Gasteiger partial charge in [-0.25, -0.2) is 0 Å². The molecular weight excluding hydrogens is 378 g/mol. The Labute approximate surface area is 184 Å². The molecule has 0 saturated heterocycles. The molecule has 0 bridgehead atoms. The topological polar surface area (TPSA) is 53.7 Å². The average Bonchev–Trinajstić information content (AvgIpc) is 2.72. The van der Waals surface area contributed by atoms with E-state index in [1.807, 2.05) is 0 Å². The van der Waals surface area contributed by atoms with Crippen LogP contribution in [0.2, 0.25) is 0 Å². The van der Waals surface area contributed by atoms with Gasteiger partial charge in [-0.1, -0.05) is 105 Å². The van der Waals surface area contributed by atoms with Crippen LogP contribution in [0.1, 0.15) is 130 Å². The monoisotopic (exact) mass is 431 g/mol. The molecule has 0 rings (SSSR count). The lowest BCUT2D eigenvalue weighted by molar-refractivity contribution is 0.0458. The minimum atomic E-state index is -2.85. The van der Waals surface area contributed by atoms with E-state index in [9.17, 15) is 0 Å². The van der Waals surface area contributed by atoms with Crippen molar-refractivity contribution >= 4 is 8.80 Å². The van der Waals surface area contributed by atoms with Gasteiger partial charge in [0, 0.05) is 19.8 Å². The van der Waals surface area contributed by atoms with Crippen molar-refractivity contribution in [2.24, 2.45) is 5.73 Å². The highest BCUT2D eigenvalue weighted by atomic mass is 28.4. The largest absolute Gasteiger partial charge is 0.518 e. The molecule has 1 unspecified atom stereocenters. The first kappa shape index (κ1) is 29.1. The van der Waals surface area contributed by atoms with E-state index in [0.29, 0.717) is 0 Å². The number of nitrogens with two attached hydrogens (primary N) is 1. The smallest absolute Gasteiger partial charge is 0.373 e. The fraction of sp³-hybridized carbons (Fsp3) is 1.00. The van der Waals surface area contributed by atoms with Gasteiger partial charge in [0.25, 0.3) is 0 Å². The first-order valence-corrected chi connectivity index (χ1v) is 14.6. The van der Waals surface area contributed by atoms with Gasteiger partial charge in [-0.05, 0) is 25.7 Å². The maximum absolute atomic E-state index is 6.70. The quantitative estimate of drug-likeness (QED) is 0.138. The van der Waals surface area contributed by atoms with E-state index in [1.165, 1.54) is 70.6 Å². The summed E-state index contributed by atoms with van der Waals surface area (Å²) in [7, 11) is -2.85. The summed E-state index contributed by atoms with van der Waals surface area (Å²) in [5, 5.41) is 0. The van der Waals surface area contributed by atoms with E-state index in [2.05, 4.69) is 27.7 Å². The van der Waals surface area contributed by atoms with Gasteiger partial charge < -0.3 is 19.0 Å². The van der Waals surface area contributed by atoms with Gasteiger partial charge in [-0.15, -0.1) is 0 Å². The number of rotatable bonds is 23. The molecule has 0 heterocycles. The van der Waals surface area contributed by atoms with Crippen molar-refractivity contribution in [3.05, 3.63) is 0 Å². The van der Waals surface area contributed by atoms with Crippen LogP contribution in [0.5, 0.6) is 0 Å². The maximum atomic E-state index is 6.70. The molecule has 0 spiro atoms. The van der Waals surface area contributed by atoms with Crippen molar-refractivity contribution in [3.8, 4) is 0 Å². The molecule has 0 amide bonds. The van der Waals surface area contributed by atoms with E-state index in [1.54, 1.807) is 0 Å². The molecule has 0 aromatic heterocycles. The molecule has 0 fully saturated rings. The third kappa shape index (κ3) is 15.5. The van der Waals surface area contributed by atoms with Crippen molar-refractivity contribution in [1.29, 1.82) is 0 Å². The molecule has 0 aliphatic heterocycles. The van der Waals surface area contributed by atoms with Gasteiger partial charge in [0.1, 0.15) is 0 Å². The Hall–Kier alpha value is 0.0569. The summed E-state index contributed by atoms with van der Waals surface area (Å²) in [6.45, 7) is 11.1. The molecule has 1 atom stereocenters. The summed E-state index contributed by atoms with van der Waals surface area (Å²) in [5.41, 5.74) is 6.60. The van der Waals surface area contributed by atoms with Crippen LogP contribution in [0.3, 0.4) is 0 Å². The standard InChI is InChI=1S/C24H53NO3Si/c1-5-9-13-17-21-26-29(24(25)20-16-12-8-4,27-22-18-14-10-6-2)28-23-19-15-11-7-3/h24H,5-23,25H2,1-4H3. The van der Waals surface area contributed by atoms with Crippen LogP contribution in [-0.2, 0) is 13.3 Å². The van der Waals surface area contributed by atoms with Gasteiger partial charge in [0.2, 0.25) is 0 Å². The molecule has 0 aliphatic carbocycles. The Bertz CT molecular complexity index is 295. The zero-order valence-electron chi connectivity index (χ0n) is 20.3. The molecule has 0 aliphatic rings. The zero-order valence-corrected chi connectivity index (χ0v) is 21.3. The van der Waals surface area contributed by atoms with Crippen LogP contribution in [0.4, 0.5) is 0 Å². The van der Waals surface area contributed by atoms with Crippen molar-refractivity contribution in [3.63, 3.8) is 0 Å². The SMILES string of the molecule is CCCCCCO[Si](OCCCCCC)(OCCCCCC)C(N)CCCCC. The van der Waals surface area contributed by atoms with Crippen LogP contribution in [0.15, 0.2) is 0 Å². The molecule has 4 nitrogen and oxygen atoms in total. The predicted octanol–water partition coefficient (Wildman–Crippen LogP) is 7.16.